The van der Waals surface area contributed by atoms with Crippen LogP contribution in [0, 0.1) is 5.92 Å². The third kappa shape index (κ3) is 4.48. The van der Waals surface area contributed by atoms with Crippen LogP contribution in [0.4, 0.5) is 0 Å². The quantitative estimate of drug-likeness (QED) is 0.531. The van der Waals surface area contributed by atoms with Gasteiger partial charge in [-0.25, -0.2) is 0 Å². The minimum atomic E-state index is 0.675. The molecule has 0 saturated carbocycles. The Labute approximate surface area is 127 Å². The molecule has 0 aromatic heterocycles. The van der Waals surface area contributed by atoms with E-state index in [2.05, 4.69) is 46.4 Å². The van der Waals surface area contributed by atoms with Crippen LogP contribution < -0.4 is 0 Å². The van der Waals surface area contributed by atoms with E-state index in [0.717, 1.165) is 0 Å². The Morgan fingerprint density at radius 1 is 0.850 bits per heavy atom. The normalized spacial score (nSPS) is 19.6. The predicted octanol–water partition coefficient (Wildman–Crippen LogP) is 5.58. The SMILES string of the molecule is CCCCN(CCCC)CCC1=C(C)C(C)=C(C)C1C. The Bertz CT molecular complexity index is 354. The first-order valence-corrected chi connectivity index (χ1v) is 8.62. The second-order valence-corrected chi connectivity index (χ2v) is 6.48. The summed E-state index contributed by atoms with van der Waals surface area (Å²) in [7, 11) is 0. The van der Waals surface area contributed by atoms with E-state index in [1.807, 2.05) is 0 Å². The van der Waals surface area contributed by atoms with Gasteiger partial charge in [0.25, 0.3) is 0 Å². The molecular weight excluding hydrogens is 242 g/mol. The number of nitrogens with zero attached hydrogens (tertiary/aromatic N) is 1. The highest BCUT2D eigenvalue weighted by molar-refractivity contribution is 5.46. The van der Waals surface area contributed by atoms with Gasteiger partial charge in [0.2, 0.25) is 0 Å². The van der Waals surface area contributed by atoms with E-state index in [-0.39, 0.29) is 0 Å². The Hall–Kier alpha value is -0.560. The van der Waals surface area contributed by atoms with E-state index < -0.39 is 0 Å². The molecule has 0 spiro atoms. The van der Waals surface area contributed by atoms with Crippen molar-refractivity contribution >= 4 is 0 Å². The Morgan fingerprint density at radius 3 is 1.80 bits per heavy atom. The van der Waals surface area contributed by atoms with Crippen molar-refractivity contribution in [2.45, 2.75) is 73.6 Å². The van der Waals surface area contributed by atoms with Gasteiger partial charge in [0.15, 0.2) is 0 Å². The maximum Gasteiger partial charge on any atom is 0.00190 e. The van der Waals surface area contributed by atoms with E-state index in [0.29, 0.717) is 5.92 Å². The molecule has 0 aromatic carbocycles. The van der Waals surface area contributed by atoms with Crippen LogP contribution in [-0.2, 0) is 0 Å². The molecule has 1 atom stereocenters. The molecule has 1 aliphatic rings. The van der Waals surface area contributed by atoms with Crippen LogP contribution in [0.2, 0.25) is 0 Å². The van der Waals surface area contributed by atoms with Crippen LogP contribution in [0.5, 0.6) is 0 Å². The fourth-order valence-corrected chi connectivity index (χ4v) is 3.23. The van der Waals surface area contributed by atoms with Gasteiger partial charge < -0.3 is 4.90 Å². The van der Waals surface area contributed by atoms with Gasteiger partial charge in [0, 0.05) is 6.54 Å². The smallest absolute Gasteiger partial charge is 0.00190 e. The van der Waals surface area contributed by atoms with Gasteiger partial charge in [-0.1, -0.05) is 44.8 Å². The largest absolute Gasteiger partial charge is 0.303 e. The molecule has 0 fully saturated rings. The fraction of sp³-hybridized carbons (Fsp3) is 0.789. The summed E-state index contributed by atoms with van der Waals surface area (Å²) in [5, 5.41) is 0. The first-order valence-electron chi connectivity index (χ1n) is 8.62. The van der Waals surface area contributed by atoms with Crippen LogP contribution >= 0.6 is 0 Å². The lowest BCUT2D eigenvalue weighted by atomic mass is 9.95. The standard InChI is InChI=1S/C19H35N/c1-7-9-12-20(13-10-8-2)14-11-19-17(5)15(3)16(4)18(19)6/h17H,7-14H2,1-6H3. The van der Waals surface area contributed by atoms with Crippen molar-refractivity contribution in [2.75, 3.05) is 19.6 Å². The summed E-state index contributed by atoms with van der Waals surface area (Å²) in [6, 6.07) is 0. The summed E-state index contributed by atoms with van der Waals surface area (Å²) in [6.07, 6.45) is 6.55. The molecule has 0 N–H and O–H groups in total. The molecule has 0 heterocycles. The molecule has 0 amide bonds. The van der Waals surface area contributed by atoms with Crippen molar-refractivity contribution in [3.05, 3.63) is 22.3 Å². The zero-order valence-corrected chi connectivity index (χ0v) is 14.7. The zero-order chi connectivity index (χ0) is 15.1. The second kappa shape index (κ2) is 8.67. The van der Waals surface area contributed by atoms with E-state index in [1.165, 1.54) is 51.7 Å². The molecule has 0 radical (unpaired) electrons. The summed E-state index contributed by atoms with van der Waals surface area (Å²) in [5.74, 6) is 0.675. The molecule has 116 valence electrons. The van der Waals surface area contributed by atoms with E-state index in [1.54, 1.807) is 22.3 Å². The lowest BCUT2D eigenvalue weighted by Gasteiger charge is -2.23. The van der Waals surface area contributed by atoms with Crippen LogP contribution in [0.1, 0.15) is 73.6 Å². The average molecular weight is 277 g/mol. The highest BCUT2D eigenvalue weighted by Crippen LogP contribution is 2.38. The third-order valence-electron chi connectivity index (χ3n) is 5.16. The molecule has 1 unspecified atom stereocenters. The van der Waals surface area contributed by atoms with Gasteiger partial charge >= 0.3 is 0 Å². The van der Waals surface area contributed by atoms with Crippen LogP contribution in [0.25, 0.3) is 0 Å². The lowest BCUT2D eigenvalue weighted by molar-refractivity contribution is 0.266. The first-order chi connectivity index (χ1) is 9.52. The molecule has 0 saturated heterocycles. The molecular formula is C19H35N. The van der Waals surface area contributed by atoms with Crippen LogP contribution in [-0.4, -0.2) is 24.5 Å². The van der Waals surface area contributed by atoms with Crippen molar-refractivity contribution < 1.29 is 0 Å². The molecule has 1 heteroatoms. The molecule has 1 aliphatic carbocycles. The molecule has 0 aromatic rings. The van der Waals surface area contributed by atoms with Crippen molar-refractivity contribution in [1.82, 2.24) is 4.90 Å². The summed E-state index contributed by atoms with van der Waals surface area (Å²) in [4.78, 5) is 2.68. The first kappa shape index (κ1) is 17.5. The van der Waals surface area contributed by atoms with Gasteiger partial charge in [-0.15, -0.1) is 0 Å². The topological polar surface area (TPSA) is 3.24 Å². The lowest BCUT2D eigenvalue weighted by Crippen LogP contribution is -2.28. The van der Waals surface area contributed by atoms with E-state index >= 15 is 0 Å². The number of rotatable bonds is 9. The Morgan fingerprint density at radius 2 is 1.40 bits per heavy atom. The number of hydrogen-bond acceptors (Lipinski definition) is 1. The average Bonchev–Trinajstić information content (AvgIpc) is 2.63. The fourth-order valence-electron chi connectivity index (χ4n) is 3.23. The summed E-state index contributed by atoms with van der Waals surface area (Å²) >= 11 is 0. The minimum absolute atomic E-state index is 0.675. The summed E-state index contributed by atoms with van der Waals surface area (Å²) in [6.45, 7) is 17.7. The second-order valence-electron chi connectivity index (χ2n) is 6.48. The third-order valence-corrected chi connectivity index (χ3v) is 5.16. The van der Waals surface area contributed by atoms with Crippen LogP contribution in [0.15, 0.2) is 22.3 Å². The zero-order valence-electron chi connectivity index (χ0n) is 14.7. The predicted molar refractivity (Wildman–Crippen MR) is 91.1 cm³/mol. The Balaban J connectivity index is 2.55. The summed E-state index contributed by atoms with van der Waals surface area (Å²) < 4.78 is 0. The monoisotopic (exact) mass is 277 g/mol. The molecule has 20 heavy (non-hydrogen) atoms. The molecule has 1 rings (SSSR count). The van der Waals surface area contributed by atoms with Crippen molar-refractivity contribution in [3.63, 3.8) is 0 Å². The van der Waals surface area contributed by atoms with Gasteiger partial charge in [-0.3, -0.25) is 0 Å². The number of allylic oxidation sites excluding steroid dienone is 3. The maximum atomic E-state index is 2.68. The van der Waals surface area contributed by atoms with Gasteiger partial charge in [-0.05, 0) is 70.2 Å². The van der Waals surface area contributed by atoms with Gasteiger partial charge in [0.05, 0.1) is 0 Å². The summed E-state index contributed by atoms with van der Waals surface area (Å²) in [5.41, 5.74) is 6.39. The maximum absolute atomic E-state index is 2.68. The highest BCUT2D eigenvalue weighted by Gasteiger charge is 2.23. The molecule has 0 bridgehead atoms. The molecule has 1 nitrogen and oxygen atoms in total. The van der Waals surface area contributed by atoms with E-state index in [9.17, 15) is 0 Å². The van der Waals surface area contributed by atoms with Gasteiger partial charge in [0.1, 0.15) is 0 Å². The number of unbranched alkanes of at least 4 members (excludes halogenated alkanes) is 2. The molecule has 0 aliphatic heterocycles. The van der Waals surface area contributed by atoms with E-state index in [4.69, 9.17) is 0 Å². The van der Waals surface area contributed by atoms with Crippen LogP contribution in [0.3, 0.4) is 0 Å². The van der Waals surface area contributed by atoms with Crippen molar-refractivity contribution in [3.8, 4) is 0 Å². The highest BCUT2D eigenvalue weighted by atomic mass is 15.1. The minimum Gasteiger partial charge on any atom is -0.303 e. The van der Waals surface area contributed by atoms with Gasteiger partial charge in [-0.2, -0.15) is 0 Å². The Kier molecular flexibility index (Phi) is 7.58. The van der Waals surface area contributed by atoms with Crippen molar-refractivity contribution in [2.24, 2.45) is 5.92 Å². The number of hydrogen-bond donors (Lipinski definition) is 0. The van der Waals surface area contributed by atoms with Crippen molar-refractivity contribution in [1.29, 1.82) is 0 Å².